The maximum absolute atomic E-state index is 10.1. The van der Waals surface area contributed by atoms with Crippen molar-refractivity contribution in [3.8, 4) is 5.75 Å². The van der Waals surface area contributed by atoms with Crippen LogP contribution >= 0.6 is 15.9 Å². The van der Waals surface area contributed by atoms with Crippen molar-refractivity contribution in [2.45, 2.75) is 33.1 Å². The van der Waals surface area contributed by atoms with Crippen molar-refractivity contribution in [1.82, 2.24) is 0 Å². The van der Waals surface area contributed by atoms with Gasteiger partial charge in [0.25, 0.3) is 0 Å². The zero-order valence-corrected chi connectivity index (χ0v) is 14.2. The summed E-state index contributed by atoms with van der Waals surface area (Å²) in [5, 5.41) is 10.1. The van der Waals surface area contributed by atoms with Crippen LogP contribution in [0.25, 0.3) is 0 Å². The summed E-state index contributed by atoms with van der Waals surface area (Å²) >= 11 is 3.45. The standard InChI is InChI=1S/C18H20BrNO/c1-4-12(2)16-7-5-6-8-17(16)20-11-14-10-15(19)9-13(3)18(14)21/h5-12,21H,4H2,1-3H3/t12-/m0/s1. The normalized spacial score (nSPS) is 12.8. The topological polar surface area (TPSA) is 32.6 Å². The van der Waals surface area contributed by atoms with Crippen LogP contribution in [-0.2, 0) is 0 Å². The SMILES string of the molecule is CC[C@H](C)c1ccccc1N=Cc1cc(Br)cc(C)c1O. The molecule has 1 N–H and O–H groups in total. The minimum atomic E-state index is 0.281. The van der Waals surface area contributed by atoms with Crippen LogP contribution in [0.4, 0.5) is 5.69 Å². The lowest BCUT2D eigenvalue weighted by atomic mass is 9.97. The first-order valence-corrected chi connectivity index (χ1v) is 7.94. The van der Waals surface area contributed by atoms with E-state index in [1.54, 1.807) is 6.21 Å². The van der Waals surface area contributed by atoms with Gasteiger partial charge in [-0.05, 0) is 48.6 Å². The zero-order chi connectivity index (χ0) is 15.4. The van der Waals surface area contributed by atoms with Crippen LogP contribution in [-0.4, -0.2) is 11.3 Å². The highest BCUT2D eigenvalue weighted by atomic mass is 79.9. The Bertz CT molecular complexity index is 664. The highest BCUT2D eigenvalue weighted by Gasteiger charge is 2.08. The van der Waals surface area contributed by atoms with Gasteiger partial charge in [-0.25, -0.2) is 0 Å². The molecule has 2 nitrogen and oxygen atoms in total. The molecule has 0 radical (unpaired) electrons. The maximum atomic E-state index is 10.1. The van der Waals surface area contributed by atoms with Gasteiger partial charge in [-0.1, -0.05) is 48.0 Å². The van der Waals surface area contributed by atoms with Crippen molar-refractivity contribution in [1.29, 1.82) is 0 Å². The van der Waals surface area contributed by atoms with Gasteiger partial charge in [-0.2, -0.15) is 0 Å². The van der Waals surface area contributed by atoms with Crippen LogP contribution in [0.5, 0.6) is 5.75 Å². The molecule has 3 heteroatoms. The molecule has 2 rings (SSSR count). The van der Waals surface area contributed by atoms with Gasteiger partial charge in [0.1, 0.15) is 5.75 Å². The number of aromatic hydroxyl groups is 1. The summed E-state index contributed by atoms with van der Waals surface area (Å²) < 4.78 is 0.939. The average Bonchev–Trinajstić information content (AvgIpc) is 2.49. The van der Waals surface area contributed by atoms with E-state index in [1.807, 2.05) is 37.3 Å². The molecule has 0 aliphatic heterocycles. The number of nitrogens with zero attached hydrogens (tertiary/aromatic N) is 1. The minimum Gasteiger partial charge on any atom is -0.507 e. The summed E-state index contributed by atoms with van der Waals surface area (Å²) in [6, 6.07) is 11.9. The Labute approximate surface area is 134 Å². The molecule has 0 aliphatic rings. The van der Waals surface area contributed by atoms with Gasteiger partial charge in [-0.15, -0.1) is 0 Å². The maximum Gasteiger partial charge on any atom is 0.127 e. The second-order valence-electron chi connectivity index (χ2n) is 5.29. The number of phenols is 1. The van der Waals surface area contributed by atoms with Crippen molar-refractivity contribution < 1.29 is 5.11 Å². The summed E-state index contributed by atoms with van der Waals surface area (Å²) in [5.41, 5.74) is 3.76. The number of phenolic OH excluding ortho intramolecular Hbond substituents is 1. The van der Waals surface area contributed by atoms with Crippen molar-refractivity contribution in [3.05, 3.63) is 57.6 Å². The van der Waals surface area contributed by atoms with Gasteiger partial charge in [0.2, 0.25) is 0 Å². The summed E-state index contributed by atoms with van der Waals surface area (Å²) in [7, 11) is 0. The lowest BCUT2D eigenvalue weighted by Gasteiger charge is -2.11. The molecule has 1 atom stereocenters. The van der Waals surface area contributed by atoms with Crippen molar-refractivity contribution >= 4 is 27.8 Å². The fourth-order valence-corrected chi connectivity index (χ4v) is 2.83. The number of aryl methyl sites for hydroxylation is 1. The van der Waals surface area contributed by atoms with E-state index < -0.39 is 0 Å². The smallest absolute Gasteiger partial charge is 0.127 e. The molecule has 0 spiro atoms. The van der Waals surface area contributed by atoms with Gasteiger partial charge in [0, 0.05) is 16.3 Å². The highest BCUT2D eigenvalue weighted by molar-refractivity contribution is 9.10. The fourth-order valence-electron chi connectivity index (χ4n) is 2.24. The molecule has 110 valence electrons. The Morgan fingerprint density at radius 2 is 2.00 bits per heavy atom. The second kappa shape index (κ2) is 6.90. The van der Waals surface area contributed by atoms with Gasteiger partial charge in [0.05, 0.1) is 5.69 Å². The number of para-hydroxylation sites is 1. The molecule has 21 heavy (non-hydrogen) atoms. The fraction of sp³-hybridized carbons (Fsp3) is 0.278. The van der Waals surface area contributed by atoms with Crippen molar-refractivity contribution in [3.63, 3.8) is 0 Å². The van der Waals surface area contributed by atoms with E-state index in [2.05, 4.69) is 40.8 Å². The predicted molar refractivity (Wildman–Crippen MR) is 92.9 cm³/mol. The van der Waals surface area contributed by atoms with Crippen LogP contribution in [0.3, 0.4) is 0 Å². The van der Waals surface area contributed by atoms with Gasteiger partial charge in [0.15, 0.2) is 0 Å². The van der Waals surface area contributed by atoms with Crippen LogP contribution < -0.4 is 0 Å². The Kier molecular flexibility index (Phi) is 5.18. The average molecular weight is 346 g/mol. The van der Waals surface area contributed by atoms with Gasteiger partial charge < -0.3 is 5.11 Å². The molecule has 0 fully saturated rings. The van der Waals surface area contributed by atoms with Crippen LogP contribution in [0.15, 0.2) is 45.9 Å². The van der Waals surface area contributed by atoms with E-state index in [9.17, 15) is 5.11 Å². The molecule has 0 saturated heterocycles. The second-order valence-corrected chi connectivity index (χ2v) is 6.20. The Morgan fingerprint density at radius 3 is 2.71 bits per heavy atom. The molecule has 0 amide bonds. The van der Waals surface area contributed by atoms with E-state index in [1.165, 1.54) is 5.56 Å². The summed E-state index contributed by atoms with van der Waals surface area (Å²) in [6.45, 7) is 6.26. The van der Waals surface area contributed by atoms with E-state index in [-0.39, 0.29) is 5.75 Å². The summed E-state index contributed by atoms with van der Waals surface area (Å²) in [5.74, 6) is 0.749. The number of rotatable bonds is 4. The van der Waals surface area contributed by atoms with E-state index >= 15 is 0 Å². The molecule has 0 saturated carbocycles. The Morgan fingerprint density at radius 1 is 1.29 bits per heavy atom. The van der Waals surface area contributed by atoms with Gasteiger partial charge >= 0.3 is 0 Å². The number of hydrogen-bond acceptors (Lipinski definition) is 2. The molecule has 0 aliphatic carbocycles. The Balaban J connectivity index is 2.39. The third-order valence-electron chi connectivity index (χ3n) is 3.72. The molecule has 0 heterocycles. The van der Waals surface area contributed by atoms with E-state index in [0.717, 1.165) is 27.7 Å². The van der Waals surface area contributed by atoms with Crippen LogP contribution in [0, 0.1) is 6.92 Å². The van der Waals surface area contributed by atoms with E-state index in [4.69, 9.17) is 0 Å². The third kappa shape index (κ3) is 3.73. The van der Waals surface area contributed by atoms with Crippen molar-refractivity contribution in [2.24, 2.45) is 4.99 Å². The zero-order valence-electron chi connectivity index (χ0n) is 12.6. The number of aliphatic imine (C=N–C) groups is 1. The van der Waals surface area contributed by atoms with Gasteiger partial charge in [-0.3, -0.25) is 4.99 Å². The monoisotopic (exact) mass is 345 g/mol. The molecule has 2 aromatic rings. The first-order chi connectivity index (χ1) is 10.0. The van der Waals surface area contributed by atoms with Crippen LogP contribution in [0.2, 0.25) is 0 Å². The molecular formula is C18H20BrNO. The molecule has 0 bridgehead atoms. The third-order valence-corrected chi connectivity index (χ3v) is 4.18. The van der Waals surface area contributed by atoms with E-state index in [0.29, 0.717) is 5.92 Å². The quantitative estimate of drug-likeness (QED) is 0.705. The molecule has 0 aromatic heterocycles. The number of hydrogen-bond donors (Lipinski definition) is 1. The first kappa shape index (κ1) is 15.8. The molecule has 2 aromatic carbocycles. The Hall–Kier alpha value is -1.61. The minimum absolute atomic E-state index is 0.281. The lowest BCUT2D eigenvalue weighted by molar-refractivity contribution is 0.470. The van der Waals surface area contributed by atoms with Crippen LogP contribution in [0.1, 0.15) is 42.9 Å². The highest BCUT2D eigenvalue weighted by Crippen LogP contribution is 2.30. The van der Waals surface area contributed by atoms with Crippen molar-refractivity contribution in [2.75, 3.05) is 0 Å². The molecular weight excluding hydrogens is 326 g/mol. The number of benzene rings is 2. The summed E-state index contributed by atoms with van der Waals surface area (Å²) in [4.78, 5) is 4.58. The summed E-state index contributed by atoms with van der Waals surface area (Å²) in [6.07, 6.45) is 2.81. The number of halogens is 1. The lowest BCUT2D eigenvalue weighted by Crippen LogP contribution is -1.92. The predicted octanol–water partition coefficient (Wildman–Crippen LogP) is 5.73. The first-order valence-electron chi connectivity index (χ1n) is 7.15. The largest absolute Gasteiger partial charge is 0.507 e. The molecule has 0 unspecified atom stereocenters.